The molecule has 19 heavy (non-hydrogen) atoms. The number of hydrogen-bond donors (Lipinski definition) is 2. The van der Waals surface area contributed by atoms with E-state index in [9.17, 15) is 4.79 Å². The van der Waals surface area contributed by atoms with Gasteiger partial charge in [0.05, 0.1) is 0 Å². The van der Waals surface area contributed by atoms with Crippen molar-refractivity contribution in [3.05, 3.63) is 28.8 Å². The van der Waals surface area contributed by atoms with Crippen LogP contribution in [0.15, 0.2) is 12.1 Å². The van der Waals surface area contributed by atoms with Crippen molar-refractivity contribution in [2.24, 2.45) is 11.7 Å². The highest BCUT2D eigenvalue weighted by molar-refractivity contribution is 5.93. The van der Waals surface area contributed by atoms with Crippen molar-refractivity contribution < 1.29 is 4.79 Å². The zero-order chi connectivity index (χ0) is 14.0. The van der Waals surface area contributed by atoms with E-state index in [1.54, 1.807) is 0 Å². The fraction of sp³-hybridized carbons (Fsp3) is 0.562. The summed E-state index contributed by atoms with van der Waals surface area (Å²) in [6.45, 7) is 6.26. The summed E-state index contributed by atoms with van der Waals surface area (Å²) >= 11 is 0. The molecule has 0 radical (unpaired) electrons. The van der Waals surface area contributed by atoms with Gasteiger partial charge in [0.1, 0.15) is 0 Å². The molecule has 1 aromatic carbocycles. The lowest BCUT2D eigenvalue weighted by Crippen LogP contribution is -2.32. The zero-order valence-corrected chi connectivity index (χ0v) is 12.1. The molecule has 3 heteroatoms. The SMILES string of the molecule is Cc1ccc(NC(=O)C2CCC(N)CC2)c(C)c1C. The molecule has 1 fully saturated rings. The summed E-state index contributed by atoms with van der Waals surface area (Å²) < 4.78 is 0. The van der Waals surface area contributed by atoms with Gasteiger partial charge in [-0.25, -0.2) is 0 Å². The van der Waals surface area contributed by atoms with Gasteiger partial charge in [-0.1, -0.05) is 6.07 Å². The van der Waals surface area contributed by atoms with Crippen molar-refractivity contribution in [3.63, 3.8) is 0 Å². The van der Waals surface area contributed by atoms with E-state index in [0.29, 0.717) is 0 Å². The van der Waals surface area contributed by atoms with Gasteiger partial charge in [-0.3, -0.25) is 4.79 Å². The molecule has 104 valence electrons. The molecular formula is C16H24N2O. The molecule has 0 saturated heterocycles. The number of nitrogens with two attached hydrogens (primary N) is 1. The number of hydrogen-bond acceptors (Lipinski definition) is 2. The lowest BCUT2D eigenvalue weighted by Gasteiger charge is -2.25. The molecule has 1 aliphatic rings. The Balaban J connectivity index is 2.05. The lowest BCUT2D eigenvalue weighted by atomic mass is 9.86. The minimum atomic E-state index is 0.126. The highest BCUT2D eigenvalue weighted by Crippen LogP contribution is 2.26. The van der Waals surface area contributed by atoms with Gasteiger partial charge >= 0.3 is 0 Å². The van der Waals surface area contributed by atoms with Crippen LogP contribution >= 0.6 is 0 Å². The first-order chi connectivity index (χ1) is 8.99. The molecule has 1 aromatic rings. The van der Waals surface area contributed by atoms with Crippen LogP contribution < -0.4 is 11.1 Å². The van der Waals surface area contributed by atoms with Crippen LogP contribution in [0.25, 0.3) is 0 Å². The lowest BCUT2D eigenvalue weighted by molar-refractivity contribution is -0.120. The average Bonchev–Trinajstić information content (AvgIpc) is 2.40. The highest BCUT2D eigenvalue weighted by atomic mass is 16.1. The Bertz CT molecular complexity index is 474. The van der Waals surface area contributed by atoms with Crippen LogP contribution in [0.2, 0.25) is 0 Å². The Morgan fingerprint density at radius 2 is 1.74 bits per heavy atom. The van der Waals surface area contributed by atoms with Crippen LogP contribution in [-0.2, 0) is 4.79 Å². The van der Waals surface area contributed by atoms with Gasteiger partial charge < -0.3 is 11.1 Å². The molecule has 1 aliphatic carbocycles. The maximum atomic E-state index is 12.3. The minimum absolute atomic E-state index is 0.126. The fourth-order valence-corrected chi connectivity index (χ4v) is 2.71. The van der Waals surface area contributed by atoms with Crippen molar-refractivity contribution in [2.45, 2.75) is 52.5 Å². The van der Waals surface area contributed by atoms with Gasteiger partial charge in [-0.05, 0) is 69.2 Å². The number of nitrogens with one attached hydrogen (secondary N) is 1. The summed E-state index contributed by atoms with van der Waals surface area (Å²) in [5, 5.41) is 3.08. The molecule has 0 atom stereocenters. The van der Waals surface area contributed by atoms with E-state index >= 15 is 0 Å². The second kappa shape index (κ2) is 5.74. The van der Waals surface area contributed by atoms with Gasteiger partial charge in [-0.15, -0.1) is 0 Å². The number of carbonyl (C=O) groups excluding carboxylic acids is 1. The molecule has 2 rings (SSSR count). The molecule has 0 unspecified atom stereocenters. The number of rotatable bonds is 2. The molecular weight excluding hydrogens is 236 g/mol. The van der Waals surface area contributed by atoms with Crippen molar-refractivity contribution in [1.29, 1.82) is 0 Å². The number of amides is 1. The van der Waals surface area contributed by atoms with Crippen LogP contribution in [-0.4, -0.2) is 11.9 Å². The van der Waals surface area contributed by atoms with Crippen molar-refractivity contribution in [1.82, 2.24) is 0 Å². The first-order valence-electron chi connectivity index (χ1n) is 7.12. The molecule has 0 heterocycles. The Kier molecular flexibility index (Phi) is 4.25. The molecule has 1 saturated carbocycles. The number of benzene rings is 1. The smallest absolute Gasteiger partial charge is 0.227 e. The van der Waals surface area contributed by atoms with Gasteiger partial charge in [0.25, 0.3) is 0 Å². The van der Waals surface area contributed by atoms with Crippen molar-refractivity contribution in [2.75, 3.05) is 5.32 Å². The fourth-order valence-electron chi connectivity index (χ4n) is 2.71. The summed E-state index contributed by atoms with van der Waals surface area (Å²) in [5.41, 5.74) is 10.5. The van der Waals surface area contributed by atoms with Gasteiger partial charge in [0.2, 0.25) is 5.91 Å². The Morgan fingerprint density at radius 1 is 1.11 bits per heavy atom. The third-order valence-electron chi connectivity index (χ3n) is 4.46. The van der Waals surface area contributed by atoms with E-state index in [1.807, 2.05) is 6.07 Å². The maximum absolute atomic E-state index is 12.3. The third-order valence-corrected chi connectivity index (χ3v) is 4.46. The summed E-state index contributed by atoms with van der Waals surface area (Å²) in [5.74, 6) is 0.277. The van der Waals surface area contributed by atoms with E-state index in [4.69, 9.17) is 5.73 Å². The molecule has 0 aromatic heterocycles. The second-order valence-corrected chi connectivity index (χ2v) is 5.78. The van der Waals surface area contributed by atoms with Crippen molar-refractivity contribution in [3.8, 4) is 0 Å². The van der Waals surface area contributed by atoms with Crippen molar-refractivity contribution >= 4 is 11.6 Å². The van der Waals surface area contributed by atoms with Gasteiger partial charge in [0, 0.05) is 17.6 Å². The van der Waals surface area contributed by atoms with Gasteiger partial charge in [0.15, 0.2) is 0 Å². The van der Waals surface area contributed by atoms with Crippen LogP contribution in [0.3, 0.4) is 0 Å². The van der Waals surface area contributed by atoms with Gasteiger partial charge in [-0.2, -0.15) is 0 Å². The first-order valence-corrected chi connectivity index (χ1v) is 7.12. The largest absolute Gasteiger partial charge is 0.328 e. The summed E-state index contributed by atoms with van der Waals surface area (Å²) in [6.07, 6.45) is 3.75. The van der Waals surface area contributed by atoms with E-state index in [2.05, 4.69) is 32.2 Å². The molecule has 0 aliphatic heterocycles. The van der Waals surface area contributed by atoms with Crippen LogP contribution in [0, 0.1) is 26.7 Å². The number of carbonyl (C=O) groups is 1. The first kappa shape index (κ1) is 14.1. The Morgan fingerprint density at radius 3 is 2.37 bits per heavy atom. The molecule has 0 spiro atoms. The summed E-state index contributed by atoms with van der Waals surface area (Å²) in [4.78, 5) is 12.3. The van der Waals surface area contributed by atoms with Crippen LogP contribution in [0.4, 0.5) is 5.69 Å². The predicted octanol–water partition coefficient (Wildman–Crippen LogP) is 3.07. The monoisotopic (exact) mass is 260 g/mol. The average molecular weight is 260 g/mol. The summed E-state index contributed by atoms with van der Waals surface area (Å²) in [7, 11) is 0. The maximum Gasteiger partial charge on any atom is 0.227 e. The van der Waals surface area contributed by atoms with E-state index in [1.165, 1.54) is 16.7 Å². The second-order valence-electron chi connectivity index (χ2n) is 5.78. The minimum Gasteiger partial charge on any atom is -0.328 e. The molecule has 3 N–H and O–H groups in total. The van der Waals surface area contributed by atoms with E-state index < -0.39 is 0 Å². The number of aryl methyl sites for hydroxylation is 1. The van der Waals surface area contributed by atoms with E-state index in [0.717, 1.165) is 31.4 Å². The molecule has 1 amide bonds. The molecule has 0 bridgehead atoms. The standard InChI is InChI=1S/C16H24N2O/c1-10-4-9-15(12(3)11(10)2)18-16(19)13-5-7-14(17)8-6-13/h4,9,13-14H,5-8,17H2,1-3H3,(H,18,19). The van der Waals surface area contributed by atoms with Crippen LogP contribution in [0.1, 0.15) is 42.4 Å². The topological polar surface area (TPSA) is 55.1 Å². The normalized spacial score (nSPS) is 23.2. The highest BCUT2D eigenvalue weighted by Gasteiger charge is 2.24. The Hall–Kier alpha value is -1.35. The number of anilines is 1. The zero-order valence-electron chi connectivity index (χ0n) is 12.1. The van der Waals surface area contributed by atoms with Crippen LogP contribution in [0.5, 0.6) is 0 Å². The van der Waals surface area contributed by atoms with E-state index in [-0.39, 0.29) is 17.9 Å². The summed E-state index contributed by atoms with van der Waals surface area (Å²) in [6, 6.07) is 4.35. The molecule has 3 nitrogen and oxygen atoms in total. The quantitative estimate of drug-likeness (QED) is 0.858. The predicted molar refractivity (Wildman–Crippen MR) is 79.2 cm³/mol. The third kappa shape index (κ3) is 3.16. The Labute approximate surface area is 115 Å².